The van der Waals surface area contributed by atoms with Gasteiger partial charge >= 0.3 is 0 Å². The Labute approximate surface area is 236 Å². The van der Waals surface area contributed by atoms with E-state index in [0.717, 1.165) is 54.1 Å². The molecule has 4 aromatic rings. The normalized spacial score (nSPS) is 18.8. The van der Waals surface area contributed by atoms with Crippen molar-refractivity contribution in [3.63, 3.8) is 0 Å². The number of methoxy groups -OCH3 is 2. The number of nitrogens with zero attached hydrogens (tertiary/aromatic N) is 7. The molecule has 2 aliphatic rings. The topological polar surface area (TPSA) is 130 Å². The molecular formula is C28H32N8O3S. The molecule has 0 aliphatic heterocycles. The van der Waals surface area contributed by atoms with Gasteiger partial charge in [0.15, 0.2) is 17.3 Å². The van der Waals surface area contributed by atoms with Gasteiger partial charge in [0.1, 0.15) is 17.4 Å². The number of nitrogens with one attached hydrogen (secondary N) is 1. The summed E-state index contributed by atoms with van der Waals surface area (Å²) in [4.78, 5) is 42.7. The number of pyridine rings is 1. The molecule has 2 atom stereocenters. The van der Waals surface area contributed by atoms with Crippen LogP contribution in [0.2, 0.25) is 0 Å². The Morgan fingerprint density at radius 2 is 1.93 bits per heavy atom. The van der Waals surface area contributed by atoms with E-state index in [0.29, 0.717) is 40.9 Å². The highest BCUT2D eigenvalue weighted by Gasteiger charge is 2.34. The minimum Gasteiger partial charge on any atom is -0.480 e. The van der Waals surface area contributed by atoms with Gasteiger partial charge in [-0.25, -0.2) is 24.9 Å². The zero-order valence-corrected chi connectivity index (χ0v) is 23.6. The highest BCUT2D eigenvalue weighted by molar-refractivity contribution is 7.99. The lowest BCUT2D eigenvalue weighted by atomic mass is 10.1. The lowest BCUT2D eigenvalue weighted by Crippen LogP contribution is -2.33. The van der Waals surface area contributed by atoms with Crippen LogP contribution in [0, 0.1) is 0 Å². The van der Waals surface area contributed by atoms with Crippen LogP contribution in [0.4, 0.5) is 5.82 Å². The molecule has 0 bridgehead atoms. The summed E-state index contributed by atoms with van der Waals surface area (Å²) >= 11 is 1.74. The molecular weight excluding hydrogens is 528 g/mol. The third kappa shape index (κ3) is 5.13. The zero-order valence-electron chi connectivity index (χ0n) is 22.8. The van der Waals surface area contributed by atoms with Crippen LogP contribution in [0.25, 0.3) is 22.6 Å². The molecule has 40 heavy (non-hydrogen) atoms. The SMILES string of the molecule is CCSc1ccc(CNc2nc3cnc(-c4c(OC)ncnc4C4CC4)nc3n([C@H]3CCC[C@@H]3OC)c2=O)nc1. The van der Waals surface area contributed by atoms with Crippen molar-refractivity contribution in [2.24, 2.45) is 0 Å². The van der Waals surface area contributed by atoms with Crippen molar-refractivity contribution in [1.82, 2.24) is 34.5 Å². The summed E-state index contributed by atoms with van der Waals surface area (Å²) in [5, 5.41) is 3.22. The predicted molar refractivity (Wildman–Crippen MR) is 153 cm³/mol. The number of hydrogen-bond acceptors (Lipinski definition) is 11. The van der Waals surface area contributed by atoms with Crippen molar-refractivity contribution in [3.05, 3.63) is 52.6 Å². The van der Waals surface area contributed by atoms with Gasteiger partial charge in [0, 0.05) is 24.1 Å². The maximum Gasteiger partial charge on any atom is 0.295 e. The van der Waals surface area contributed by atoms with E-state index < -0.39 is 0 Å². The lowest BCUT2D eigenvalue weighted by molar-refractivity contribution is 0.0751. The molecule has 4 aromatic heterocycles. The highest BCUT2D eigenvalue weighted by Crippen LogP contribution is 2.45. The van der Waals surface area contributed by atoms with Gasteiger partial charge in [0.25, 0.3) is 5.56 Å². The van der Waals surface area contributed by atoms with E-state index in [1.165, 1.54) is 6.33 Å². The molecule has 208 valence electrons. The Bertz CT molecular complexity index is 1570. The molecule has 2 aliphatic carbocycles. The largest absolute Gasteiger partial charge is 0.480 e. The van der Waals surface area contributed by atoms with Crippen LogP contribution in [0.15, 0.2) is 40.5 Å². The molecule has 4 heterocycles. The summed E-state index contributed by atoms with van der Waals surface area (Å²) in [5.74, 6) is 2.39. The number of hydrogen-bond donors (Lipinski definition) is 1. The second-order valence-corrected chi connectivity index (χ2v) is 11.3. The smallest absolute Gasteiger partial charge is 0.295 e. The standard InChI is InChI=1S/C28H32N8O3S/c1-4-40-18-11-10-17(29-13-18)12-30-25-28(37)36(20-6-5-7-21(20)38-2)26-19(34-25)14-31-24(35-26)22-23(16-8-9-16)32-15-33-27(22)39-3/h10-11,13-16,20-21H,4-9,12H2,1-3H3,(H,30,34)/t20-,21-/m0/s1. The van der Waals surface area contributed by atoms with E-state index in [9.17, 15) is 4.79 Å². The van der Waals surface area contributed by atoms with Gasteiger partial charge in [-0.2, -0.15) is 0 Å². The summed E-state index contributed by atoms with van der Waals surface area (Å²) in [5.41, 5.74) is 3.08. The van der Waals surface area contributed by atoms with Gasteiger partial charge in [-0.1, -0.05) is 6.92 Å². The summed E-state index contributed by atoms with van der Waals surface area (Å²) in [6.07, 6.45) is 9.66. The Morgan fingerprint density at radius 1 is 1.05 bits per heavy atom. The van der Waals surface area contributed by atoms with Crippen LogP contribution in [-0.4, -0.2) is 60.5 Å². The first kappa shape index (κ1) is 26.6. The Kier molecular flexibility index (Phi) is 7.61. The lowest BCUT2D eigenvalue weighted by Gasteiger charge is -2.23. The third-order valence-electron chi connectivity index (χ3n) is 7.45. The van der Waals surface area contributed by atoms with Gasteiger partial charge in [0.2, 0.25) is 5.88 Å². The average Bonchev–Trinajstić information content (AvgIpc) is 3.73. The van der Waals surface area contributed by atoms with Crippen molar-refractivity contribution < 1.29 is 9.47 Å². The Morgan fingerprint density at radius 3 is 2.65 bits per heavy atom. The van der Waals surface area contributed by atoms with Gasteiger partial charge in [-0.05, 0) is 50.0 Å². The van der Waals surface area contributed by atoms with Gasteiger partial charge < -0.3 is 14.8 Å². The number of thioether (sulfide) groups is 1. The van der Waals surface area contributed by atoms with Gasteiger partial charge in [-0.3, -0.25) is 14.3 Å². The van der Waals surface area contributed by atoms with Crippen molar-refractivity contribution in [1.29, 1.82) is 0 Å². The predicted octanol–water partition coefficient (Wildman–Crippen LogP) is 4.39. The minimum absolute atomic E-state index is 0.100. The van der Waals surface area contributed by atoms with E-state index in [1.807, 2.05) is 18.3 Å². The molecule has 0 saturated heterocycles. The summed E-state index contributed by atoms with van der Waals surface area (Å²) in [6, 6.07) is 3.83. The van der Waals surface area contributed by atoms with E-state index >= 15 is 0 Å². The summed E-state index contributed by atoms with van der Waals surface area (Å²) in [7, 11) is 3.27. The summed E-state index contributed by atoms with van der Waals surface area (Å²) < 4.78 is 13.1. The van der Waals surface area contributed by atoms with Crippen molar-refractivity contribution in [2.75, 3.05) is 25.3 Å². The molecule has 1 N–H and O–H groups in total. The second kappa shape index (κ2) is 11.5. The maximum atomic E-state index is 14.0. The third-order valence-corrected chi connectivity index (χ3v) is 8.32. The molecule has 0 radical (unpaired) electrons. The first-order valence-corrected chi connectivity index (χ1v) is 14.6. The van der Waals surface area contributed by atoms with E-state index in [-0.39, 0.29) is 23.5 Å². The van der Waals surface area contributed by atoms with Crippen LogP contribution in [0.1, 0.15) is 62.4 Å². The molecule has 0 amide bonds. The average molecular weight is 561 g/mol. The Balaban J connectivity index is 1.44. The van der Waals surface area contributed by atoms with Gasteiger partial charge in [-0.15, -0.1) is 11.8 Å². The number of anilines is 1. The van der Waals surface area contributed by atoms with E-state index in [4.69, 9.17) is 14.5 Å². The number of rotatable bonds is 10. The monoisotopic (exact) mass is 560 g/mol. The van der Waals surface area contributed by atoms with Crippen molar-refractivity contribution in [3.8, 4) is 17.3 Å². The van der Waals surface area contributed by atoms with E-state index in [2.05, 4.69) is 37.2 Å². The summed E-state index contributed by atoms with van der Waals surface area (Å²) in [6.45, 7) is 2.48. The van der Waals surface area contributed by atoms with Crippen LogP contribution < -0.4 is 15.6 Å². The molecule has 0 unspecified atom stereocenters. The quantitative estimate of drug-likeness (QED) is 0.277. The van der Waals surface area contributed by atoms with Crippen LogP contribution in [0.5, 0.6) is 5.88 Å². The maximum absolute atomic E-state index is 14.0. The molecule has 2 saturated carbocycles. The molecule has 2 fully saturated rings. The Hall–Kier alpha value is -3.64. The second-order valence-electron chi connectivity index (χ2n) is 10.00. The fraction of sp³-hybridized carbons (Fsp3) is 0.464. The van der Waals surface area contributed by atoms with E-state index in [1.54, 1.807) is 36.7 Å². The van der Waals surface area contributed by atoms with Crippen LogP contribution in [-0.2, 0) is 11.3 Å². The zero-order chi connectivity index (χ0) is 27.6. The first-order valence-electron chi connectivity index (χ1n) is 13.6. The molecule has 0 spiro atoms. The fourth-order valence-corrected chi connectivity index (χ4v) is 6.00. The van der Waals surface area contributed by atoms with Crippen LogP contribution in [0.3, 0.4) is 0 Å². The fourth-order valence-electron chi connectivity index (χ4n) is 5.38. The number of aromatic nitrogens is 7. The minimum atomic E-state index is -0.247. The number of fused-ring (bicyclic) bond motifs is 1. The number of ether oxygens (including phenoxy) is 2. The van der Waals surface area contributed by atoms with Crippen LogP contribution >= 0.6 is 11.8 Å². The van der Waals surface area contributed by atoms with Crippen molar-refractivity contribution in [2.45, 2.75) is 68.5 Å². The first-order chi connectivity index (χ1) is 19.6. The molecule has 0 aromatic carbocycles. The molecule has 6 rings (SSSR count). The molecule has 12 heteroatoms. The molecule has 11 nitrogen and oxygen atoms in total. The highest BCUT2D eigenvalue weighted by atomic mass is 32.2. The van der Waals surface area contributed by atoms with Gasteiger partial charge in [0.05, 0.1) is 43.4 Å². The van der Waals surface area contributed by atoms with Crippen molar-refractivity contribution >= 4 is 28.7 Å².